The Balaban J connectivity index is 1.24. The number of piperidine rings is 1. The van der Waals surface area contributed by atoms with Gasteiger partial charge in [0.2, 0.25) is 5.91 Å². The summed E-state index contributed by atoms with van der Waals surface area (Å²) in [6.45, 7) is 1.27. The molecule has 41 heavy (non-hydrogen) atoms. The molecule has 1 saturated carbocycles. The summed E-state index contributed by atoms with van der Waals surface area (Å²) in [6, 6.07) is 10.4. The second kappa shape index (κ2) is 11.3. The van der Waals surface area contributed by atoms with Crippen molar-refractivity contribution in [2.75, 3.05) is 13.1 Å². The molecule has 5 rings (SSSR count). The van der Waals surface area contributed by atoms with E-state index in [4.69, 9.17) is 16.1 Å². The van der Waals surface area contributed by atoms with Crippen LogP contribution in [-0.2, 0) is 30.2 Å². The highest BCUT2D eigenvalue weighted by Gasteiger charge is 2.45. The molecule has 1 N–H and O–H groups in total. The van der Waals surface area contributed by atoms with E-state index in [9.17, 15) is 31.1 Å². The van der Waals surface area contributed by atoms with Crippen LogP contribution in [0, 0.1) is 11.3 Å². The fourth-order valence-corrected chi connectivity index (χ4v) is 5.52. The molecule has 1 aromatic heterocycles. The van der Waals surface area contributed by atoms with Crippen LogP contribution in [0.3, 0.4) is 0 Å². The Hall–Kier alpha value is -3.05. The third-order valence-electron chi connectivity index (χ3n) is 7.84. The number of amides is 1. The molecule has 2 aliphatic rings. The van der Waals surface area contributed by atoms with Crippen molar-refractivity contribution in [2.24, 2.45) is 11.3 Å². The number of benzene rings is 2. The number of likely N-dealkylation sites (tertiary alicyclic amines) is 1. The maximum atomic E-state index is 13.5. The first-order valence-electron chi connectivity index (χ1n) is 13.3. The summed E-state index contributed by atoms with van der Waals surface area (Å²) in [5.74, 6) is 0.677. The number of hydrogen-bond acceptors (Lipinski definition) is 4. The molecular weight excluding hydrogens is 572 g/mol. The lowest BCUT2D eigenvalue weighted by Gasteiger charge is -2.40. The smallest absolute Gasteiger partial charge is 0.356 e. The van der Waals surface area contributed by atoms with Crippen LogP contribution in [0.4, 0.5) is 26.3 Å². The van der Waals surface area contributed by atoms with E-state index in [-0.39, 0.29) is 17.5 Å². The number of carbonyl (C=O) groups excluding carboxylic acids is 1. The van der Waals surface area contributed by atoms with E-state index in [2.05, 4.69) is 15.4 Å². The van der Waals surface area contributed by atoms with E-state index in [1.165, 1.54) is 0 Å². The molecule has 0 spiro atoms. The Kier molecular flexibility index (Phi) is 8.13. The Morgan fingerprint density at radius 2 is 1.59 bits per heavy atom. The van der Waals surface area contributed by atoms with E-state index in [1.54, 1.807) is 12.1 Å². The van der Waals surface area contributed by atoms with Gasteiger partial charge < -0.3 is 9.84 Å². The number of halogens is 7. The predicted octanol–water partition coefficient (Wildman–Crippen LogP) is 7.73. The van der Waals surface area contributed by atoms with Crippen LogP contribution < -0.4 is 5.32 Å². The van der Waals surface area contributed by atoms with E-state index in [0.29, 0.717) is 67.7 Å². The minimum Gasteiger partial charge on any atom is -0.356 e. The molecule has 2 heterocycles. The number of nitrogens with one attached hydrogen (secondary N) is 1. The third-order valence-corrected chi connectivity index (χ3v) is 8.10. The summed E-state index contributed by atoms with van der Waals surface area (Å²) in [7, 11) is 0. The van der Waals surface area contributed by atoms with Gasteiger partial charge in [-0.2, -0.15) is 26.3 Å². The number of carbonyl (C=O) groups is 1. The lowest BCUT2D eigenvalue weighted by atomic mass is 9.73. The fourth-order valence-electron chi connectivity index (χ4n) is 5.39. The van der Waals surface area contributed by atoms with Gasteiger partial charge in [-0.1, -0.05) is 29.6 Å². The maximum absolute atomic E-state index is 13.5. The third kappa shape index (κ3) is 7.24. The quantitative estimate of drug-likeness (QED) is 0.269. The first-order chi connectivity index (χ1) is 19.3. The second-order valence-electron chi connectivity index (χ2n) is 11.0. The van der Waals surface area contributed by atoms with Crippen LogP contribution in [0.1, 0.15) is 54.5 Å². The molecule has 1 amide bonds. The fraction of sp³-hybridized carbons (Fsp3) is 0.448. The Bertz CT molecular complexity index is 1340. The van der Waals surface area contributed by atoms with Gasteiger partial charge in [0.05, 0.1) is 22.2 Å². The van der Waals surface area contributed by atoms with Gasteiger partial charge in [0.1, 0.15) is 0 Å². The van der Waals surface area contributed by atoms with Crippen LogP contribution in [-0.4, -0.2) is 29.1 Å². The van der Waals surface area contributed by atoms with Gasteiger partial charge in [-0.25, -0.2) is 0 Å². The van der Waals surface area contributed by atoms with Crippen LogP contribution in [0.25, 0.3) is 11.3 Å². The average Bonchev–Trinajstić information content (AvgIpc) is 3.61. The highest BCUT2D eigenvalue weighted by molar-refractivity contribution is 6.30. The van der Waals surface area contributed by atoms with Crippen molar-refractivity contribution in [3.05, 3.63) is 75.9 Å². The first kappa shape index (κ1) is 29.4. The van der Waals surface area contributed by atoms with Gasteiger partial charge >= 0.3 is 12.4 Å². The minimum absolute atomic E-state index is 0.0862. The van der Waals surface area contributed by atoms with Gasteiger partial charge in [-0.05, 0) is 86.3 Å². The number of hydrogen-bond donors (Lipinski definition) is 1. The summed E-state index contributed by atoms with van der Waals surface area (Å²) in [6.07, 6.45) is -6.19. The van der Waals surface area contributed by atoms with Crippen molar-refractivity contribution in [1.29, 1.82) is 0 Å². The van der Waals surface area contributed by atoms with Gasteiger partial charge in [0, 0.05) is 29.7 Å². The van der Waals surface area contributed by atoms with E-state index >= 15 is 0 Å². The second-order valence-corrected chi connectivity index (χ2v) is 11.4. The van der Waals surface area contributed by atoms with Gasteiger partial charge in [-0.15, -0.1) is 0 Å². The molecule has 12 heteroatoms. The normalized spacial score (nSPS) is 17.9. The first-order valence-corrected chi connectivity index (χ1v) is 13.7. The number of rotatable bonds is 8. The van der Waals surface area contributed by atoms with Crippen LogP contribution in [0.15, 0.2) is 53.1 Å². The van der Waals surface area contributed by atoms with Crippen molar-refractivity contribution >= 4 is 17.5 Å². The van der Waals surface area contributed by atoms with Gasteiger partial charge in [0.25, 0.3) is 0 Å². The summed E-state index contributed by atoms with van der Waals surface area (Å²) in [5.41, 5.74) is -2.20. The zero-order chi connectivity index (χ0) is 29.4. The number of alkyl halides is 6. The van der Waals surface area contributed by atoms with Crippen molar-refractivity contribution in [3.8, 4) is 11.3 Å². The summed E-state index contributed by atoms with van der Waals surface area (Å²) in [5, 5.41) is 7.43. The lowest BCUT2D eigenvalue weighted by molar-refractivity contribution is -0.143. The Labute approximate surface area is 237 Å². The van der Waals surface area contributed by atoms with Crippen molar-refractivity contribution < 1.29 is 35.7 Å². The lowest BCUT2D eigenvalue weighted by Crippen LogP contribution is -2.48. The molecule has 1 aliphatic carbocycles. The van der Waals surface area contributed by atoms with Crippen molar-refractivity contribution in [3.63, 3.8) is 0 Å². The number of aromatic nitrogens is 1. The standard InChI is InChI=1S/C29H28ClF6N3O2/c30-23-5-3-20(4-6-23)25-14-24(38-41-25)17-39-9-7-27(8-10-39,15-18-1-2-18)26(40)37-16-19-11-21(28(31,32)33)13-22(12-19)29(34,35)36/h3-6,11-14,18H,1-2,7-10,15-17H2,(H,37,40). The summed E-state index contributed by atoms with van der Waals surface area (Å²) < 4.78 is 85.0. The monoisotopic (exact) mass is 599 g/mol. The molecule has 0 bridgehead atoms. The maximum Gasteiger partial charge on any atom is 0.416 e. The molecule has 2 fully saturated rings. The average molecular weight is 600 g/mol. The molecule has 0 unspecified atom stereocenters. The van der Waals surface area contributed by atoms with Gasteiger partial charge in [-0.3, -0.25) is 9.69 Å². The Morgan fingerprint density at radius 1 is 0.976 bits per heavy atom. The van der Waals surface area contributed by atoms with Crippen molar-refractivity contribution in [1.82, 2.24) is 15.4 Å². The summed E-state index contributed by atoms with van der Waals surface area (Å²) in [4.78, 5) is 15.6. The topological polar surface area (TPSA) is 58.4 Å². The molecule has 0 atom stereocenters. The molecule has 5 nitrogen and oxygen atoms in total. The molecule has 1 aliphatic heterocycles. The van der Waals surface area contributed by atoms with E-state index in [0.717, 1.165) is 24.1 Å². The zero-order valence-corrected chi connectivity index (χ0v) is 22.7. The highest BCUT2D eigenvalue weighted by atomic mass is 35.5. The molecule has 2 aromatic carbocycles. The van der Waals surface area contributed by atoms with Crippen LogP contribution >= 0.6 is 11.6 Å². The molecule has 3 aromatic rings. The molecular formula is C29H28ClF6N3O2. The summed E-state index contributed by atoms with van der Waals surface area (Å²) >= 11 is 5.95. The molecule has 0 radical (unpaired) electrons. The zero-order valence-electron chi connectivity index (χ0n) is 21.9. The largest absolute Gasteiger partial charge is 0.416 e. The van der Waals surface area contributed by atoms with Crippen molar-refractivity contribution in [2.45, 2.75) is 57.5 Å². The SMILES string of the molecule is O=C(NCc1cc(C(F)(F)F)cc(C(F)(F)F)c1)C1(CC2CC2)CCN(Cc2cc(-c3ccc(Cl)cc3)on2)CC1. The Morgan fingerprint density at radius 3 is 2.15 bits per heavy atom. The predicted molar refractivity (Wildman–Crippen MR) is 140 cm³/mol. The number of nitrogens with zero attached hydrogens (tertiary/aromatic N) is 2. The molecule has 220 valence electrons. The van der Waals surface area contributed by atoms with Gasteiger partial charge in [0.15, 0.2) is 5.76 Å². The van der Waals surface area contributed by atoms with Crippen LogP contribution in [0.2, 0.25) is 5.02 Å². The molecule has 1 saturated heterocycles. The highest BCUT2D eigenvalue weighted by Crippen LogP contribution is 2.46. The van der Waals surface area contributed by atoms with E-state index in [1.807, 2.05) is 18.2 Å². The van der Waals surface area contributed by atoms with Crippen LogP contribution in [0.5, 0.6) is 0 Å². The van der Waals surface area contributed by atoms with E-state index < -0.39 is 35.4 Å². The minimum atomic E-state index is -4.94.